The van der Waals surface area contributed by atoms with Gasteiger partial charge in [0.1, 0.15) is 0 Å². The standard InChI is InChI=1S/C14H23NO/c1-4-16-14(11(2)3)13(15)10-12-8-6-5-7-9-12/h5-9,11,13-14H,4,10,15H2,1-3H3. The molecule has 1 aromatic rings. The van der Waals surface area contributed by atoms with Gasteiger partial charge in [-0.25, -0.2) is 0 Å². The second-order valence-electron chi connectivity index (χ2n) is 4.52. The number of hydrogen-bond donors (Lipinski definition) is 1. The van der Waals surface area contributed by atoms with Crippen molar-refractivity contribution in [3.63, 3.8) is 0 Å². The van der Waals surface area contributed by atoms with Crippen LogP contribution in [0.3, 0.4) is 0 Å². The third-order valence-electron chi connectivity index (χ3n) is 2.75. The first-order valence-corrected chi connectivity index (χ1v) is 6.06. The van der Waals surface area contributed by atoms with Crippen molar-refractivity contribution in [2.75, 3.05) is 6.61 Å². The fourth-order valence-electron chi connectivity index (χ4n) is 2.01. The lowest BCUT2D eigenvalue weighted by molar-refractivity contribution is 0.0128. The van der Waals surface area contributed by atoms with Gasteiger partial charge in [0.15, 0.2) is 0 Å². The van der Waals surface area contributed by atoms with E-state index in [1.54, 1.807) is 0 Å². The molecule has 2 atom stereocenters. The Bertz CT molecular complexity index is 284. The first kappa shape index (κ1) is 13.2. The van der Waals surface area contributed by atoms with Gasteiger partial charge >= 0.3 is 0 Å². The van der Waals surface area contributed by atoms with E-state index in [0.29, 0.717) is 5.92 Å². The Morgan fingerprint density at radius 1 is 1.19 bits per heavy atom. The van der Waals surface area contributed by atoms with Crippen molar-refractivity contribution in [3.05, 3.63) is 35.9 Å². The SMILES string of the molecule is CCOC(C(C)C)C(N)Cc1ccccc1. The van der Waals surface area contributed by atoms with Gasteiger partial charge in [0.05, 0.1) is 6.10 Å². The fraction of sp³-hybridized carbons (Fsp3) is 0.571. The fourth-order valence-corrected chi connectivity index (χ4v) is 2.01. The summed E-state index contributed by atoms with van der Waals surface area (Å²) in [4.78, 5) is 0. The van der Waals surface area contributed by atoms with Crippen molar-refractivity contribution in [1.29, 1.82) is 0 Å². The van der Waals surface area contributed by atoms with Crippen LogP contribution in [0.15, 0.2) is 30.3 Å². The van der Waals surface area contributed by atoms with Crippen LogP contribution in [0.2, 0.25) is 0 Å². The van der Waals surface area contributed by atoms with E-state index in [4.69, 9.17) is 10.5 Å². The summed E-state index contributed by atoms with van der Waals surface area (Å²) in [5, 5.41) is 0. The maximum absolute atomic E-state index is 6.21. The lowest BCUT2D eigenvalue weighted by Crippen LogP contribution is -2.42. The third kappa shape index (κ3) is 3.95. The van der Waals surface area contributed by atoms with Gasteiger partial charge in [-0.2, -0.15) is 0 Å². The predicted octanol–water partition coefficient (Wildman–Crippen LogP) is 2.62. The minimum atomic E-state index is 0.0716. The van der Waals surface area contributed by atoms with E-state index in [0.717, 1.165) is 13.0 Å². The number of nitrogens with two attached hydrogens (primary N) is 1. The van der Waals surface area contributed by atoms with Gasteiger partial charge in [-0.15, -0.1) is 0 Å². The third-order valence-corrected chi connectivity index (χ3v) is 2.75. The van der Waals surface area contributed by atoms with Gasteiger partial charge in [-0.3, -0.25) is 0 Å². The molecule has 0 saturated carbocycles. The lowest BCUT2D eigenvalue weighted by Gasteiger charge is -2.27. The molecule has 1 rings (SSSR count). The molecule has 2 nitrogen and oxygen atoms in total. The zero-order valence-corrected chi connectivity index (χ0v) is 10.5. The first-order valence-electron chi connectivity index (χ1n) is 6.06. The Hall–Kier alpha value is -0.860. The van der Waals surface area contributed by atoms with Crippen LogP contribution < -0.4 is 5.73 Å². The molecule has 16 heavy (non-hydrogen) atoms. The maximum atomic E-state index is 6.21. The van der Waals surface area contributed by atoms with E-state index >= 15 is 0 Å². The Morgan fingerprint density at radius 3 is 2.31 bits per heavy atom. The van der Waals surface area contributed by atoms with Gasteiger partial charge in [-0.1, -0.05) is 44.2 Å². The summed E-state index contributed by atoms with van der Waals surface area (Å²) in [6.45, 7) is 7.06. The molecular formula is C14H23NO. The summed E-state index contributed by atoms with van der Waals surface area (Å²) in [6.07, 6.45) is 1.02. The maximum Gasteiger partial charge on any atom is 0.0751 e. The van der Waals surface area contributed by atoms with Crippen LogP contribution in [-0.2, 0) is 11.2 Å². The Morgan fingerprint density at radius 2 is 1.81 bits per heavy atom. The second kappa shape index (κ2) is 6.66. The van der Waals surface area contributed by atoms with E-state index in [2.05, 4.69) is 26.0 Å². The van der Waals surface area contributed by atoms with E-state index in [1.807, 2.05) is 25.1 Å². The van der Waals surface area contributed by atoms with E-state index in [9.17, 15) is 0 Å². The average molecular weight is 221 g/mol. The summed E-state index contributed by atoms with van der Waals surface area (Å²) in [6, 6.07) is 10.4. The van der Waals surface area contributed by atoms with Crippen LogP contribution in [0.25, 0.3) is 0 Å². The van der Waals surface area contributed by atoms with Gasteiger partial charge in [0.2, 0.25) is 0 Å². The number of benzene rings is 1. The first-order chi connectivity index (χ1) is 7.65. The molecule has 0 aromatic heterocycles. The molecule has 0 heterocycles. The molecule has 0 amide bonds. The summed E-state index contributed by atoms with van der Waals surface area (Å²) in [7, 11) is 0. The molecule has 90 valence electrons. The van der Waals surface area contributed by atoms with Crippen molar-refractivity contribution in [2.45, 2.75) is 39.3 Å². The zero-order valence-electron chi connectivity index (χ0n) is 10.5. The van der Waals surface area contributed by atoms with Crippen molar-refractivity contribution in [3.8, 4) is 0 Å². The summed E-state index contributed by atoms with van der Waals surface area (Å²) in [5.74, 6) is 0.457. The number of hydrogen-bond acceptors (Lipinski definition) is 2. The lowest BCUT2D eigenvalue weighted by atomic mass is 9.94. The molecule has 0 aliphatic rings. The van der Waals surface area contributed by atoms with Crippen molar-refractivity contribution >= 4 is 0 Å². The molecule has 0 aliphatic carbocycles. The molecule has 0 radical (unpaired) electrons. The van der Waals surface area contributed by atoms with E-state index in [-0.39, 0.29) is 12.1 Å². The van der Waals surface area contributed by atoms with Crippen molar-refractivity contribution < 1.29 is 4.74 Å². The Labute approximate surface area is 98.8 Å². The van der Waals surface area contributed by atoms with Gasteiger partial charge in [-0.05, 0) is 24.8 Å². The smallest absolute Gasteiger partial charge is 0.0751 e. The molecule has 0 spiro atoms. The summed E-state index contributed by atoms with van der Waals surface area (Å²) in [5.41, 5.74) is 7.49. The van der Waals surface area contributed by atoms with Crippen LogP contribution in [-0.4, -0.2) is 18.8 Å². The van der Waals surface area contributed by atoms with Gasteiger partial charge in [0.25, 0.3) is 0 Å². The van der Waals surface area contributed by atoms with Crippen LogP contribution in [0.1, 0.15) is 26.3 Å². The number of ether oxygens (including phenoxy) is 1. The van der Waals surface area contributed by atoms with E-state index < -0.39 is 0 Å². The van der Waals surface area contributed by atoms with Crippen LogP contribution in [0.4, 0.5) is 0 Å². The molecule has 0 fully saturated rings. The summed E-state index contributed by atoms with van der Waals surface area (Å²) < 4.78 is 5.71. The molecule has 2 heteroatoms. The summed E-state index contributed by atoms with van der Waals surface area (Å²) >= 11 is 0. The average Bonchev–Trinajstić information content (AvgIpc) is 2.26. The topological polar surface area (TPSA) is 35.2 Å². The van der Waals surface area contributed by atoms with Gasteiger partial charge < -0.3 is 10.5 Å². The minimum absolute atomic E-state index is 0.0716. The highest BCUT2D eigenvalue weighted by Gasteiger charge is 2.21. The molecule has 0 bridgehead atoms. The van der Waals surface area contributed by atoms with E-state index in [1.165, 1.54) is 5.56 Å². The monoisotopic (exact) mass is 221 g/mol. The molecule has 2 unspecified atom stereocenters. The highest BCUT2D eigenvalue weighted by atomic mass is 16.5. The quantitative estimate of drug-likeness (QED) is 0.801. The molecular weight excluding hydrogens is 198 g/mol. The Kier molecular flexibility index (Phi) is 5.50. The van der Waals surface area contributed by atoms with Crippen molar-refractivity contribution in [2.24, 2.45) is 11.7 Å². The molecule has 0 aliphatic heterocycles. The predicted molar refractivity (Wildman–Crippen MR) is 68.4 cm³/mol. The normalized spacial score (nSPS) is 15.1. The number of rotatable bonds is 6. The van der Waals surface area contributed by atoms with Crippen LogP contribution >= 0.6 is 0 Å². The Balaban J connectivity index is 2.58. The minimum Gasteiger partial charge on any atom is -0.377 e. The van der Waals surface area contributed by atoms with Crippen LogP contribution in [0, 0.1) is 5.92 Å². The largest absolute Gasteiger partial charge is 0.377 e. The van der Waals surface area contributed by atoms with Crippen LogP contribution in [0.5, 0.6) is 0 Å². The molecule has 1 aromatic carbocycles. The van der Waals surface area contributed by atoms with Gasteiger partial charge in [0, 0.05) is 12.6 Å². The molecule has 2 N–H and O–H groups in total. The molecule has 0 saturated heterocycles. The highest BCUT2D eigenvalue weighted by molar-refractivity contribution is 5.16. The van der Waals surface area contributed by atoms with Crippen molar-refractivity contribution in [1.82, 2.24) is 0 Å². The highest BCUT2D eigenvalue weighted by Crippen LogP contribution is 2.13. The zero-order chi connectivity index (χ0) is 12.0. The second-order valence-corrected chi connectivity index (χ2v) is 4.52.